The summed E-state index contributed by atoms with van der Waals surface area (Å²) < 4.78 is 2.57. The van der Waals surface area contributed by atoms with E-state index in [0.717, 1.165) is 39.2 Å². The molecule has 0 aliphatic carbocycles. The fraction of sp³-hybridized carbons (Fsp3) is 0. The largest absolute Gasteiger partial charge is 0.135 e. The molecular weight excluding hydrogens is 470 g/mol. The van der Waals surface area contributed by atoms with Gasteiger partial charge in [-0.2, -0.15) is 0 Å². The van der Waals surface area contributed by atoms with E-state index in [-0.39, 0.29) is 0 Å². The lowest BCUT2D eigenvalue weighted by molar-refractivity contribution is 0.879. The number of fused-ring (bicyclic) bond motifs is 3. The topological polar surface area (TPSA) is 38.7 Å². The molecule has 7 aromatic rings. The maximum atomic E-state index is 4.67. The van der Waals surface area contributed by atoms with E-state index in [2.05, 4.69) is 119 Å². The molecule has 0 bridgehead atoms. The van der Waals surface area contributed by atoms with E-state index < -0.39 is 0 Å². The van der Waals surface area contributed by atoms with Gasteiger partial charge >= 0.3 is 0 Å². The third kappa shape index (κ3) is 3.70. The average molecular weight is 492 g/mol. The van der Waals surface area contributed by atoms with Crippen molar-refractivity contribution in [1.29, 1.82) is 0 Å². The van der Waals surface area contributed by atoms with Crippen LogP contribution in [0.15, 0.2) is 127 Å². The molecule has 3 nitrogen and oxygen atoms in total. The van der Waals surface area contributed by atoms with Crippen molar-refractivity contribution >= 4 is 31.5 Å². The molecule has 2 heterocycles. The summed E-state index contributed by atoms with van der Waals surface area (Å²) in [6, 6.07) is 44.3. The molecule has 2 aromatic heterocycles. The van der Waals surface area contributed by atoms with Crippen molar-refractivity contribution in [3.63, 3.8) is 0 Å². The Bertz CT molecular complexity index is 1880. The van der Waals surface area contributed by atoms with Crippen molar-refractivity contribution in [2.75, 3.05) is 0 Å². The number of nitrogens with zero attached hydrogens (tertiary/aromatic N) is 3. The Balaban J connectivity index is 1.54. The third-order valence-corrected chi connectivity index (χ3v) is 7.88. The summed E-state index contributed by atoms with van der Waals surface area (Å²) >= 11 is 1.83. The first-order valence-corrected chi connectivity index (χ1v) is 13.0. The molecule has 0 aliphatic heterocycles. The van der Waals surface area contributed by atoms with Crippen LogP contribution in [0.4, 0.5) is 0 Å². The van der Waals surface area contributed by atoms with Crippen molar-refractivity contribution < 1.29 is 0 Å². The zero-order valence-electron chi connectivity index (χ0n) is 19.9. The molecule has 0 N–H and O–H groups in total. The minimum atomic E-state index is 0.825. The number of rotatable bonds is 4. The van der Waals surface area contributed by atoms with Gasteiger partial charge in [-0.15, -0.1) is 21.5 Å². The first-order valence-electron chi connectivity index (χ1n) is 12.2. The number of thiophene rings is 1. The first kappa shape index (κ1) is 21.6. The van der Waals surface area contributed by atoms with Crippen LogP contribution in [0.25, 0.3) is 64.9 Å². The third-order valence-electron chi connectivity index (χ3n) is 6.75. The lowest BCUT2D eigenvalue weighted by Gasteiger charge is -2.16. The van der Waals surface area contributed by atoms with Gasteiger partial charge in [0, 0.05) is 36.9 Å². The minimum Gasteiger partial charge on any atom is -0.135 e. The monoisotopic (exact) mass is 491 g/mol. The SMILES string of the molecule is c1ccc(-c2nnnc(-c3ccccc3-c3cccc4sc5ccccc5c34)c2-c2ccccc2)cc1. The highest BCUT2D eigenvalue weighted by molar-refractivity contribution is 7.25. The molecule has 0 fully saturated rings. The fourth-order valence-electron chi connectivity index (χ4n) is 5.11. The van der Waals surface area contributed by atoms with E-state index in [9.17, 15) is 0 Å². The van der Waals surface area contributed by atoms with Gasteiger partial charge in [-0.25, -0.2) is 0 Å². The number of aromatic nitrogens is 3. The van der Waals surface area contributed by atoms with Crippen LogP contribution in [0.1, 0.15) is 0 Å². The molecule has 0 aliphatic rings. The molecule has 0 radical (unpaired) electrons. The fourth-order valence-corrected chi connectivity index (χ4v) is 6.24. The predicted molar refractivity (Wildman–Crippen MR) is 154 cm³/mol. The van der Waals surface area contributed by atoms with Crippen LogP contribution in [0.3, 0.4) is 0 Å². The Labute approximate surface area is 218 Å². The highest BCUT2D eigenvalue weighted by Crippen LogP contribution is 2.44. The molecule has 4 heteroatoms. The summed E-state index contributed by atoms with van der Waals surface area (Å²) in [5.41, 5.74) is 8.08. The van der Waals surface area contributed by atoms with Crippen LogP contribution < -0.4 is 0 Å². The quantitative estimate of drug-likeness (QED) is 0.247. The molecule has 174 valence electrons. The Morgan fingerprint density at radius 3 is 1.84 bits per heavy atom. The van der Waals surface area contributed by atoms with Crippen LogP contribution in [-0.2, 0) is 0 Å². The van der Waals surface area contributed by atoms with Gasteiger partial charge < -0.3 is 0 Å². The van der Waals surface area contributed by atoms with Crippen LogP contribution in [0, 0.1) is 0 Å². The Kier molecular flexibility index (Phi) is 5.30. The van der Waals surface area contributed by atoms with E-state index in [1.54, 1.807) is 0 Å². The van der Waals surface area contributed by atoms with E-state index >= 15 is 0 Å². The first-order chi connectivity index (χ1) is 18.4. The second kappa shape index (κ2) is 9.08. The zero-order chi connectivity index (χ0) is 24.6. The summed E-state index contributed by atoms with van der Waals surface area (Å²) in [7, 11) is 0. The van der Waals surface area contributed by atoms with E-state index in [1.807, 2.05) is 35.6 Å². The highest BCUT2D eigenvalue weighted by atomic mass is 32.1. The molecule has 7 rings (SSSR count). The molecule has 0 saturated heterocycles. The predicted octanol–water partition coefficient (Wildman–Crippen LogP) is 8.91. The maximum absolute atomic E-state index is 4.67. The molecule has 0 amide bonds. The van der Waals surface area contributed by atoms with Gasteiger partial charge in [-0.1, -0.05) is 115 Å². The summed E-state index contributed by atoms with van der Waals surface area (Å²) in [4.78, 5) is 0. The van der Waals surface area contributed by atoms with Crippen molar-refractivity contribution in [2.24, 2.45) is 0 Å². The smallest absolute Gasteiger partial charge is 0.105 e. The van der Waals surface area contributed by atoms with E-state index in [0.29, 0.717) is 0 Å². The number of benzene rings is 5. The summed E-state index contributed by atoms with van der Waals surface area (Å²) in [5.74, 6) is 0. The lowest BCUT2D eigenvalue weighted by Crippen LogP contribution is -2.01. The molecule has 0 unspecified atom stereocenters. The second-order valence-electron chi connectivity index (χ2n) is 8.92. The average Bonchev–Trinajstić information content (AvgIpc) is 3.37. The van der Waals surface area contributed by atoms with Crippen molar-refractivity contribution in [3.8, 4) is 44.8 Å². The second-order valence-corrected chi connectivity index (χ2v) is 10.00. The lowest BCUT2D eigenvalue weighted by atomic mass is 9.89. The maximum Gasteiger partial charge on any atom is 0.105 e. The van der Waals surface area contributed by atoms with E-state index in [4.69, 9.17) is 0 Å². The summed E-state index contributed by atoms with van der Waals surface area (Å²) in [5, 5.41) is 16.0. The number of hydrogen-bond donors (Lipinski definition) is 0. The summed E-state index contributed by atoms with van der Waals surface area (Å²) in [6.45, 7) is 0. The van der Waals surface area contributed by atoms with Crippen molar-refractivity contribution in [1.82, 2.24) is 15.4 Å². The van der Waals surface area contributed by atoms with Crippen LogP contribution in [0.5, 0.6) is 0 Å². The zero-order valence-corrected chi connectivity index (χ0v) is 20.7. The Morgan fingerprint density at radius 2 is 1.03 bits per heavy atom. The van der Waals surface area contributed by atoms with Crippen molar-refractivity contribution in [2.45, 2.75) is 0 Å². The molecule has 0 spiro atoms. The van der Waals surface area contributed by atoms with Crippen LogP contribution in [-0.4, -0.2) is 15.4 Å². The minimum absolute atomic E-state index is 0.825. The molecule has 0 atom stereocenters. The normalized spacial score (nSPS) is 11.2. The van der Waals surface area contributed by atoms with Crippen molar-refractivity contribution in [3.05, 3.63) is 127 Å². The number of hydrogen-bond acceptors (Lipinski definition) is 4. The molecule has 5 aromatic carbocycles. The molecular formula is C33H21N3S. The standard InChI is InChI=1S/C33H21N3S/c1-3-12-22(13-4-1)30-32(23-14-5-2-6-15-23)34-36-35-33(30)26-17-8-7-16-24(26)25-19-11-21-29-31(25)27-18-9-10-20-28(27)37-29/h1-21H. The van der Waals surface area contributed by atoms with Gasteiger partial charge in [0.2, 0.25) is 0 Å². The van der Waals surface area contributed by atoms with E-state index in [1.165, 1.54) is 25.7 Å². The highest BCUT2D eigenvalue weighted by Gasteiger charge is 2.21. The van der Waals surface area contributed by atoms with Gasteiger partial charge in [0.1, 0.15) is 11.4 Å². The van der Waals surface area contributed by atoms with Crippen LogP contribution >= 0.6 is 11.3 Å². The van der Waals surface area contributed by atoms with Gasteiger partial charge in [0.15, 0.2) is 0 Å². The van der Waals surface area contributed by atoms with Gasteiger partial charge in [0.25, 0.3) is 0 Å². The van der Waals surface area contributed by atoms with Crippen LogP contribution in [0.2, 0.25) is 0 Å². The molecule has 0 saturated carbocycles. The summed E-state index contributed by atoms with van der Waals surface area (Å²) in [6.07, 6.45) is 0. The van der Waals surface area contributed by atoms with Gasteiger partial charge in [0.05, 0.1) is 0 Å². The Hall–Kier alpha value is -4.67. The Morgan fingerprint density at radius 1 is 0.432 bits per heavy atom. The molecule has 37 heavy (non-hydrogen) atoms. The van der Waals surface area contributed by atoms with Gasteiger partial charge in [-0.05, 0) is 34.0 Å². The van der Waals surface area contributed by atoms with Gasteiger partial charge in [-0.3, -0.25) is 0 Å².